The average molecular weight is 281 g/mol. The molecule has 1 saturated heterocycles. The Morgan fingerprint density at radius 3 is 2.55 bits per heavy atom. The lowest BCUT2D eigenvalue weighted by Crippen LogP contribution is -2.46. The first kappa shape index (κ1) is 15.8. The molecule has 0 aromatic heterocycles. The van der Waals surface area contributed by atoms with Crippen LogP contribution in [-0.4, -0.2) is 43.0 Å². The minimum Gasteiger partial charge on any atom is -0.355 e. The van der Waals surface area contributed by atoms with E-state index in [0.717, 1.165) is 25.9 Å². The number of hydrogen-bond donors (Lipinski definition) is 2. The first-order valence-corrected chi connectivity index (χ1v) is 8.33. The van der Waals surface area contributed by atoms with Crippen molar-refractivity contribution in [1.82, 2.24) is 10.2 Å². The quantitative estimate of drug-likeness (QED) is 0.823. The molecule has 2 fully saturated rings. The minimum absolute atomic E-state index is 0.113. The van der Waals surface area contributed by atoms with Crippen LogP contribution in [0.1, 0.15) is 46.0 Å². The number of carbonyl (C=O) groups is 1. The molecule has 4 heteroatoms. The van der Waals surface area contributed by atoms with Gasteiger partial charge in [-0.25, -0.2) is 0 Å². The number of nitrogens with one attached hydrogen (secondary N) is 1. The van der Waals surface area contributed by atoms with Gasteiger partial charge in [-0.2, -0.15) is 0 Å². The smallest absolute Gasteiger partial charge is 0.223 e. The zero-order valence-electron chi connectivity index (χ0n) is 13.1. The molecule has 2 rings (SSSR count). The zero-order chi connectivity index (χ0) is 14.5. The second kappa shape index (κ2) is 7.41. The summed E-state index contributed by atoms with van der Waals surface area (Å²) in [5.74, 6) is 1.33. The number of nitrogens with zero attached hydrogens (tertiary/aromatic N) is 1. The Bertz CT molecular complexity index is 315. The third kappa shape index (κ3) is 4.19. The molecule has 1 amide bonds. The van der Waals surface area contributed by atoms with Crippen molar-refractivity contribution in [3.63, 3.8) is 0 Å². The lowest BCUT2D eigenvalue weighted by atomic mass is 9.72. The molecular weight excluding hydrogens is 250 g/mol. The van der Waals surface area contributed by atoms with Crippen LogP contribution in [0.4, 0.5) is 0 Å². The number of amides is 1. The molecule has 20 heavy (non-hydrogen) atoms. The van der Waals surface area contributed by atoms with Gasteiger partial charge in [-0.1, -0.05) is 20.3 Å². The van der Waals surface area contributed by atoms with Crippen molar-refractivity contribution >= 4 is 5.91 Å². The van der Waals surface area contributed by atoms with Crippen molar-refractivity contribution in [2.75, 3.05) is 26.2 Å². The molecule has 4 atom stereocenters. The number of likely N-dealkylation sites (tertiary alicyclic amines) is 1. The first-order valence-electron chi connectivity index (χ1n) is 8.33. The molecule has 0 spiro atoms. The Balaban J connectivity index is 1.71. The maximum atomic E-state index is 12.3. The minimum atomic E-state index is 0.113. The number of rotatable bonds is 4. The largest absolute Gasteiger partial charge is 0.355 e. The summed E-state index contributed by atoms with van der Waals surface area (Å²) in [5, 5.41) is 3.13. The van der Waals surface area contributed by atoms with E-state index in [-0.39, 0.29) is 17.9 Å². The van der Waals surface area contributed by atoms with Gasteiger partial charge in [0, 0.05) is 25.0 Å². The van der Waals surface area contributed by atoms with Crippen LogP contribution in [0.25, 0.3) is 0 Å². The number of nitrogens with two attached hydrogens (primary N) is 1. The van der Waals surface area contributed by atoms with Gasteiger partial charge < -0.3 is 16.0 Å². The van der Waals surface area contributed by atoms with Gasteiger partial charge in [-0.15, -0.1) is 0 Å². The van der Waals surface area contributed by atoms with E-state index in [2.05, 4.69) is 24.1 Å². The van der Waals surface area contributed by atoms with Crippen LogP contribution in [0.5, 0.6) is 0 Å². The molecule has 0 bridgehead atoms. The molecular formula is C16H31N3O. The fourth-order valence-electron chi connectivity index (χ4n) is 3.70. The molecule has 116 valence electrons. The summed E-state index contributed by atoms with van der Waals surface area (Å²) >= 11 is 0. The maximum Gasteiger partial charge on any atom is 0.223 e. The third-order valence-electron chi connectivity index (χ3n) is 5.20. The monoisotopic (exact) mass is 281 g/mol. The predicted molar refractivity (Wildman–Crippen MR) is 82.3 cm³/mol. The van der Waals surface area contributed by atoms with Crippen molar-refractivity contribution in [3.8, 4) is 0 Å². The van der Waals surface area contributed by atoms with Crippen molar-refractivity contribution in [3.05, 3.63) is 0 Å². The van der Waals surface area contributed by atoms with E-state index in [9.17, 15) is 4.79 Å². The van der Waals surface area contributed by atoms with Gasteiger partial charge in [0.25, 0.3) is 0 Å². The summed E-state index contributed by atoms with van der Waals surface area (Å²) in [5.41, 5.74) is 6.13. The van der Waals surface area contributed by atoms with Crippen LogP contribution in [0.15, 0.2) is 0 Å². The first-order chi connectivity index (χ1) is 9.58. The van der Waals surface area contributed by atoms with Gasteiger partial charge in [0.2, 0.25) is 5.91 Å². The normalized spacial score (nSPS) is 35.8. The third-order valence-corrected chi connectivity index (χ3v) is 5.20. The Kier molecular flexibility index (Phi) is 5.85. The van der Waals surface area contributed by atoms with Gasteiger partial charge in [0.15, 0.2) is 0 Å². The average Bonchev–Trinajstić information content (AvgIpc) is 2.44. The van der Waals surface area contributed by atoms with Gasteiger partial charge in [-0.3, -0.25) is 4.79 Å². The molecule has 4 unspecified atom stereocenters. The van der Waals surface area contributed by atoms with Crippen LogP contribution in [0.3, 0.4) is 0 Å². The number of piperidine rings is 1. The van der Waals surface area contributed by atoms with E-state index in [4.69, 9.17) is 5.73 Å². The highest BCUT2D eigenvalue weighted by atomic mass is 16.1. The SMILES string of the molecule is CC1CC(C)C(C(=O)NCCN2CCCCC2)CC1N. The number of carbonyl (C=O) groups excluding carboxylic acids is 1. The second-order valence-electron chi connectivity index (χ2n) is 6.89. The summed E-state index contributed by atoms with van der Waals surface area (Å²) in [6, 6.07) is 0.184. The molecule has 1 heterocycles. The molecule has 4 nitrogen and oxygen atoms in total. The summed E-state index contributed by atoms with van der Waals surface area (Å²) in [6.07, 6.45) is 5.89. The molecule has 0 radical (unpaired) electrons. The highest BCUT2D eigenvalue weighted by Gasteiger charge is 2.34. The Hall–Kier alpha value is -0.610. The van der Waals surface area contributed by atoms with Crippen molar-refractivity contribution in [1.29, 1.82) is 0 Å². The van der Waals surface area contributed by atoms with E-state index in [1.165, 1.54) is 32.4 Å². The standard InChI is InChI=1S/C16H31N3O/c1-12-10-13(2)15(17)11-14(12)16(20)18-6-9-19-7-4-3-5-8-19/h12-15H,3-11,17H2,1-2H3,(H,18,20). The van der Waals surface area contributed by atoms with Gasteiger partial charge in [0.1, 0.15) is 0 Å². The summed E-state index contributed by atoms with van der Waals surface area (Å²) in [4.78, 5) is 14.8. The topological polar surface area (TPSA) is 58.4 Å². The predicted octanol–water partition coefficient (Wildman–Crippen LogP) is 1.60. The second-order valence-corrected chi connectivity index (χ2v) is 6.89. The molecule has 3 N–H and O–H groups in total. The van der Waals surface area contributed by atoms with E-state index in [1.54, 1.807) is 0 Å². The van der Waals surface area contributed by atoms with Crippen LogP contribution >= 0.6 is 0 Å². The van der Waals surface area contributed by atoms with Crippen molar-refractivity contribution in [2.24, 2.45) is 23.5 Å². The molecule has 1 saturated carbocycles. The van der Waals surface area contributed by atoms with E-state index < -0.39 is 0 Å². The molecule has 0 aromatic rings. The van der Waals surface area contributed by atoms with E-state index >= 15 is 0 Å². The highest BCUT2D eigenvalue weighted by molar-refractivity contribution is 5.79. The van der Waals surface area contributed by atoms with Gasteiger partial charge >= 0.3 is 0 Å². The van der Waals surface area contributed by atoms with Gasteiger partial charge in [-0.05, 0) is 50.6 Å². The summed E-state index contributed by atoms with van der Waals surface area (Å²) < 4.78 is 0. The van der Waals surface area contributed by atoms with Crippen LogP contribution in [0.2, 0.25) is 0 Å². The van der Waals surface area contributed by atoms with E-state index in [1.807, 2.05) is 0 Å². The van der Waals surface area contributed by atoms with E-state index in [0.29, 0.717) is 11.8 Å². The Morgan fingerprint density at radius 2 is 1.85 bits per heavy atom. The van der Waals surface area contributed by atoms with Crippen molar-refractivity contribution < 1.29 is 4.79 Å². The molecule has 2 aliphatic rings. The van der Waals surface area contributed by atoms with Crippen LogP contribution in [-0.2, 0) is 4.79 Å². The Morgan fingerprint density at radius 1 is 1.15 bits per heavy atom. The Labute approximate surface area is 123 Å². The van der Waals surface area contributed by atoms with Crippen LogP contribution in [0, 0.1) is 17.8 Å². The zero-order valence-corrected chi connectivity index (χ0v) is 13.1. The maximum absolute atomic E-state index is 12.3. The highest BCUT2D eigenvalue weighted by Crippen LogP contribution is 2.32. The fourth-order valence-corrected chi connectivity index (χ4v) is 3.70. The van der Waals surface area contributed by atoms with Crippen LogP contribution < -0.4 is 11.1 Å². The number of hydrogen-bond acceptors (Lipinski definition) is 3. The summed E-state index contributed by atoms with van der Waals surface area (Å²) in [6.45, 7) is 8.56. The van der Waals surface area contributed by atoms with Crippen molar-refractivity contribution in [2.45, 2.75) is 52.0 Å². The molecule has 1 aliphatic carbocycles. The molecule has 1 aliphatic heterocycles. The van der Waals surface area contributed by atoms with Gasteiger partial charge in [0.05, 0.1) is 0 Å². The lowest BCUT2D eigenvalue weighted by Gasteiger charge is -2.36. The molecule has 0 aromatic carbocycles. The lowest BCUT2D eigenvalue weighted by molar-refractivity contribution is -0.128. The summed E-state index contributed by atoms with van der Waals surface area (Å²) in [7, 11) is 0. The fraction of sp³-hybridized carbons (Fsp3) is 0.938.